The molecule has 1 aromatic rings. The van der Waals surface area contributed by atoms with Gasteiger partial charge in [0.2, 0.25) is 5.91 Å². The van der Waals surface area contributed by atoms with Gasteiger partial charge in [-0.15, -0.1) is 0 Å². The average molecular weight is 318 g/mol. The van der Waals surface area contributed by atoms with Gasteiger partial charge in [0.15, 0.2) is 0 Å². The second-order valence-corrected chi connectivity index (χ2v) is 6.08. The highest BCUT2D eigenvalue weighted by Gasteiger charge is 2.20. The van der Waals surface area contributed by atoms with Crippen molar-refractivity contribution in [1.82, 2.24) is 15.1 Å². The van der Waals surface area contributed by atoms with Crippen molar-refractivity contribution in [3.8, 4) is 0 Å². The van der Waals surface area contributed by atoms with E-state index in [2.05, 4.69) is 17.3 Å². The van der Waals surface area contributed by atoms with Crippen molar-refractivity contribution < 1.29 is 4.79 Å². The van der Waals surface area contributed by atoms with Crippen LogP contribution in [0.2, 0.25) is 10.0 Å². The maximum absolute atomic E-state index is 11.9. The van der Waals surface area contributed by atoms with E-state index in [4.69, 9.17) is 23.2 Å². The molecule has 0 saturated heterocycles. The third-order valence-electron chi connectivity index (χ3n) is 3.62. The molecule has 2 rings (SSSR count). The van der Waals surface area contributed by atoms with Crippen LogP contribution < -0.4 is 10.9 Å². The minimum absolute atomic E-state index is 0.0922. The second-order valence-electron chi connectivity index (χ2n) is 5.29. The van der Waals surface area contributed by atoms with Gasteiger partial charge < -0.3 is 5.32 Å². The van der Waals surface area contributed by atoms with Crippen molar-refractivity contribution in [2.75, 3.05) is 0 Å². The van der Waals surface area contributed by atoms with Gasteiger partial charge >= 0.3 is 0 Å². The number of carbonyl (C=O) groups excluding carboxylic acids is 1. The molecular weight excluding hydrogens is 301 g/mol. The molecule has 1 N–H and O–H groups in total. The van der Waals surface area contributed by atoms with Crippen LogP contribution in [-0.2, 0) is 11.3 Å². The van der Waals surface area contributed by atoms with E-state index >= 15 is 0 Å². The Hall–Kier alpha value is -1.07. The summed E-state index contributed by atoms with van der Waals surface area (Å²) in [6.45, 7) is 2.08. The topological polar surface area (TPSA) is 64.0 Å². The largest absolute Gasteiger partial charge is 0.352 e. The molecule has 1 saturated carbocycles. The van der Waals surface area contributed by atoms with Crippen molar-refractivity contribution in [3.63, 3.8) is 0 Å². The van der Waals surface area contributed by atoms with Crippen molar-refractivity contribution >= 4 is 29.1 Å². The van der Waals surface area contributed by atoms with Crippen LogP contribution in [0.5, 0.6) is 0 Å². The highest BCUT2D eigenvalue weighted by molar-refractivity contribution is 6.41. The van der Waals surface area contributed by atoms with Gasteiger partial charge in [-0.05, 0) is 31.6 Å². The summed E-state index contributed by atoms with van der Waals surface area (Å²) < 4.78 is 1.02. The molecule has 1 amide bonds. The van der Waals surface area contributed by atoms with E-state index in [0.717, 1.165) is 36.3 Å². The van der Waals surface area contributed by atoms with Crippen molar-refractivity contribution in [2.45, 2.75) is 45.2 Å². The lowest BCUT2D eigenvalue weighted by molar-refractivity contribution is -0.122. The van der Waals surface area contributed by atoms with Crippen molar-refractivity contribution in [2.24, 2.45) is 5.92 Å². The highest BCUT2D eigenvalue weighted by atomic mass is 35.5. The minimum atomic E-state index is -0.549. The van der Waals surface area contributed by atoms with Crippen LogP contribution in [0.4, 0.5) is 0 Å². The molecule has 20 heavy (non-hydrogen) atoms. The number of aromatic nitrogens is 2. The third-order valence-corrected chi connectivity index (χ3v) is 4.37. The summed E-state index contributed by atoms with van der Waals surface area (Å²) in [7, 11) is 0. The molecule has 0 unspecified atom stereocenters. The van der Waals surface area contributed by atoms with Gasteiger partial charge in [-0.3, -0.25) is 9.59 Å². The van der Waals surface area contributed by atoms with E-state index in [-0.39, 0.29) is 28.5 Å². The molecule has 0 aromatic carbocycles. The van der Waals surface area contributed by atoms with Gasteiger partial charge in [-0.25, -0.2) is 4.68 Å². The zero-order valence-electron chi connectivity index (χ0n) is 11.2. The van der Waals surface area contributed by atoms with Crippen LogP contribution >= 0.6 is 23.2 Å². The summed E-state index contributed by atoms with van der Waals surface area (Å²) >= 11 is 11.4. The molecule has 1 heterocycles. The smallest absolute Gasteiger partial charge is 0.287 e. The van der Waals surface area contributed by atoms with Crippen molar-refractivity contribution in [3.05, 3.63) is 26.6 Å². The Morgan fingerprint density at radius 3 is 2.70 bits per heavy atom. The molecule has 5 nitrogen and oxygen atoms in total. The van der Waals surface area contributed by atoms with E-state index in [0.29, 0.717) is 0 Å². The maximum atomic E-state index is 11.9. The average Bonchev–Trinajstić information content (AvgIpc) is 2.42. The molecule has 0 bridgehead atoms. The number of rotatable bonds is 3. The molecule has 1 fully saturated rings. The number of carbonyl (C=O) groups is 1. The number of nitrogens with zero attached hydrogens (tertiary/aromatic N) is 2. The Bertz CT molecular complexity index is 551. The predicted molar refractivity (Wildman–Crippen MR) is 78.1 cm³/mol. The molecule has 0 radical (unpaired) electrons. The van der Waals surface area contributed by atoms with Gasteiger partial charge in [-0.1, -0.05) is 30.1 Å². The predicted octanol–water partition coefficient (Wildman–Crippen LogP) is 2.25. The summed E-state index contributed by atoms with van der Waals surface area (Å²) in [6, 6.07) is 0.192. The van der Waals surface area contributed by atoms with Crippen LogP contribution in [0.3, 0.4) is 0 Å². The molecule has 1 aromatic heterocycles. The summed E-state index contributed by atoms with van der Waals surface area (Å²) in [4.78, 5) is 23.7. The van der Waals surface area contributed by atoms with E-state index in [1.54, 1.807) is 0 Å². The molecule has 7 heteroatoms. The molecule has 110 valence electrons. The number of amides is 1. The lowest BCUT2D eigenvalue weighted by atomic mass is 9.87. The van der Waals surface area contributed by atoms with Crippen LogP contribution in [0.1, 0.15) is 32.6 Å². The van der Waals surface area contributed by atoms with Gasteiger partial charge in [0.1, 0.15) is 11.6 Å². The van der Waals surface area contributed by atoms with E-state index in [1.165, 1.54) is 6.20 Å². The molecule has 1 aliphatic rings. The minimum Gasteiger partial charge on any atom is -0.352 e. The first-order valence-electron chi connectivity index (χ1n) is 6.68. The summed E-state index contributed by atoms with van der Waals surface area (Å²) in [6.07, 6.45) is 5.47. The van der Waals surface area contributed by atoms with Gasteiger partial charge in [0, 0.05) is 6.04 Å². The molecule has 0 atom stereocenters. The van der Waals surface area contributed by atoms with E-state index < -0.39 is 5.56 Å². The zero-order chi connectivity index (χ0) is 14.7. The Kier molecular flexibility index (Phi) is 5.05. The third kappa shape index (κ3) is 3.73. The fourth-order valence-electron chi connectivity index (χ4n) is 2.37. The first-order chi connectivity index (χ1) is 9.47. The Labute approximate surface area is 127 Å². The zero-order valence-corrected chi connectivity index (χ0v) is 12.7. The number of halogens is 2. The summed E-state index contributed by atoms with van der Waals surface area (Å²) in [5, 5.41) is 6.73. The van der Waals surface area contributed by atoms with Gasteiger partial charge in [0.25, 0.3) is 5.56 Å². The van der Waals surface area contributed by atoms with E-state index in [9.17, 15) is 9.59 Å². The highest BCUT2D eigenvalue weighted by Crippen LogP contribution is 2.23. The number of hydrogen-bond acceptors (Lipinski definition) is 3. The standard InChI is InChI=1S/C13H17Cl2N3O2/c1-8-2-4-9(5-3-8)17-11(19)7-18-13(20)12(15)10(14)6-16-18/h6,8-9H,2-5,7H2,1H3,(H,17,19). The van der Waals surface area contributed by atoms with E-state index in [1.807, 2.05) is 0 Å². The maximum Gasteiger partial charge on any atom is 0.287 e. The van der Waals surface area contributed by atoms with Crippen LogP contribution in [0, 0.1) is 5.92 Å². The van der Waals surface area contributed by atoms with Crippen LogP contribution in [0.25, 0.3) is 0 Å². The molecule has 0 spiro atoms. The first-order valence-corrected chi connectivity index (χ1v) is 7.43. The van der Waals surface area contributed by atoms with Crippen LogP contribution in [0.15, 0.2) is 11.0 Å². The second kappa shape index (κ2) is 6.59. The molecule has 1 aliphatic carbocycles. The number of hydrogen-bond donors (Lipinski definition) is 1. The fraction of sp³-hybridized carbons (Fsp3) is 0.615. The lowest BCUT2D eigenvalue weighted by Crippen LogP contribution is -2.41. The normalized spacial score (nSPS) is 22.6. The molecule has 0 aliphatic heterocycles. The fourth-order valence-corrected chi connectivity index (χ4v) is 2.64. The monoisotopic (exact) mass is 317 g/mol. The van der Waals surface area contributed by atoms with Gasteiger partial charge in [-0.2, -0.15) is 5.10 Å². The first kappa shape index (κ1) is 15.3. The van der Waals surface area contributed by atoms with Gasteiger partial charge in [0.05, 0.1) is 11.2 Å². The molecular formula is C13H17Cl2N3O2. The van der Waals surface area contributed by atoms with Crippen LogP contribution in [-0.4, -0.2) is 21.7 Å². The number of nitrogens with one attached hydrogen (secondary N) is 1. The Morgan fingerprint density at radius 2 is 2.05 bits per heavy atom. The summed E-state index contributed by atoms with van der Waals surface area (Å²) in [5.74, 6) is 0.500. The SMILES string of the molecule is CC1CCC(NC(=O)Cn2ncc(Cl)c(Cl)c2=O)CC1. The Morgan fingerprint density at radius 1 is 1.40 bits per heavy atom. The summed E-state index contributed by atoms with van der Waals surface area (Å²) in [5.41, 5.74) is -0.549. The quantitative estimate of drug-likeness (QED) is 0.929. The van der Waals surface area contributed by atoms with Crippen molar-refractivity contribution in [1.29, 1.82) is 0 Å². The lowest BCUT2D eigenvalue weighted by Gasteiger charge is -2.26. The Balaban J connectivity index is 1.95.